The van der Waals surface area contributed by atoms with E-state index in [0.717, 1.165) is 17.8 Å². The zero-order valence-corrected chi connectivity index (χ0v) is 14.0. The summed E-state index contributed by atoms with van der Waals surface area (Å²) in [5.74, 6) is 2.75. The fourth-order valence-corrected chi connectivity index (χ4v) is 7.64. The van der Waals surface area contributed by atoms with Crippen LogP contribution in [0.2, 0.25) is 14.2 Å². The maximum atomic E-state index is 2.38. The van der Waals surface area contributed by atoms with Crippen LogP contribution in [0, 0.1) is 17.8 Å². The molecule has 0 aliphatic carbocycles. The van der Waals surface area contributed by atoms with Crippen molar-refractivity contribution in [2.75, 3.05) is 0 Å². The van der Waals surface area contributed by atoms with Crippen LogP contribution < -0.4 is 0 Å². The van der Waals surface area contributed by atoms with Gasteiger partial charge in [-0.1, -0.05) is 0 Å². The first-order chi connectivity index (χ1) is 7.41. The van der Waals surface area contributed by atoms with Crippen molar-refractivity contribution in [2.24, 2.45) is 17.8 Å². The van der Waals surface area contributed by atoms with Gasteiger partial charge < -0.3 is 0 Å². The van der Waals surface area contributed by atoms with Gasteiger partial charge in [-0.25, -0.2) is 0 Å². The van der Waals surface area contributed by atoms with Gasteiger partial charge in [0.15, 0.2) is 0 Å². The molecule has 0 saturated carbocycles. The predicted octanol–water partition coefficient (Wildman–Crippen LogP) is 6.00. The number of hydrogen-bond acceptors (Lipinski definition) is 0. The first kappa shape index (κ1) is 16.7. The molecule has 0 aromatic carbocycles. The van der Waals surface area contributed by atoms with Crippen molar-refractivity contribution in [1.29, 1.82) is 0 Å². The Morgan fingerprint density at radius 3 is 1.00 bits per heavy atom. The van der Waals surface area contributed by atoms with Gasteiger partial charge in [0.1, 0.15) is 0 Å². The first-order valence-corrected chi connectivity index (χ1v) is 10.6. The maximum absolute atomic E-state index is 2.38. The van der Waals surface area contributed by atoms with E-state index in [1.165, 1.54) is 19.3 Å². The van der Waals surface area contributed by atoms with Gasteiger partial charge in [-0.3, -0.25) is 0 Å². The van der Waals surface area contributed by atoms with Crippen molar-refractivity contribution >= 4 is 0 Å². The number of rotatable bonds is 9. The van der Waals surface area contributed by atoms with Crippen LogP contribution in [-0.2, 0) is 17.9 Å². The summed E-state index contributed by atoms with van der Waals surface area (Å²) in [6.07, 6.45) is 4.47. The molecule has 0 bridgehead atoms. The minimum atomic E-state index is -0.681. The van der Waals surface area contributed by atoms with Crippen molar-refractivity contribution in [1.82, 2.24) is 0 Å². The topological polar surface area (TPSA) is 0 Å². The zero-order chi connectivity index (χ0) is 12.6. The Balaban J connectivity index is 3.85. The molecular weight excluding hydrogens is 228 g/mol. The Labute approximate surface area is 110 Å². The first-order valence-electron chi connectivity index (χ1n) is 7.25. The SMILES string of the molecule is CC(C)C[CH2][Ti]([CH2]CC(C)C)[CH2]CC(C)C. The normalized spacial score (nSPS) is 11.8. The van der Waals surface area contributed by atoms with E-state index in [2.05, 4.69) is 41.5 Å². The molecule has 0 saturated heterocycles. The third kappa shape index (κ3) is 11.2. The van der Waals surface area contributed by atoms with E-state index in [9.17, 15) is 0 Å². The molecule has 0 fully saturated rings. The van der Waals surface area contributed by atoms with Gasteiger partial charge in [0.25, 0.3) is 0 Å². The van der Waals surface area contributed by atoms with Crippen molar-refractivity contribution < 1.29 is 17.9 Å². The second-order valence-electron chi connectivity index (χ2n) is 6.55. The molecule has 0 amide bonds. The van der Waals surface area contributed by atoms with Gasteiger partial charge in [-0.15, -0.1) is 0 Å². The molecular formula is C15H33Ti. The summed E-state index contributed by atoms with van der Waals surface area (Å²) < 4.78 is 4.87. The molecule has 1 heteroatoms. The molecule has 0 radical (unpaired) electrons. The van der Waals surface area contributed by atoms with Crippen LogP contribution in [0.4, 0.5) is 0 Å². The molecule has 0 nitrogen and oxygen atoms in total. The van der Waals surface area contributed by atoms with Gasteiger partial charge >= 0.3 is 111 Å². The summed E-state index contributed by atoms with van der Waals surface area (Å²) in [5.41, 5.74) is 0. The van der Waals surface area contributed by atoms with Crippen LogP contribution in [-0.4, -0.2) is 0 Å². The van der Waals surface area contributed by atoms with Crippen LogP contribution in [0.15, 0.2) is 0 Å². The molecule has 16 heavy (non-hydrogen) atoms. The van der Waals surface area contributed by atoms with Crippen LogP contribution >= 0.6 is 0 Å². The molecule has 0 spiro atoms. The summed E-state index contributed by atoms with van der Waals surface area (Å²) in [5, 5.41) is 0. The van der Waals surface area contributed by atoms with Gasteiger partial charge in [-0.05, 0) is 0 Å². The Morgan fingerprint density at radius 1 is 0.562 bits per heavy atom. The molecule has 0 aromatic rings. The Bertz CT molecular complexity index is 121. The van der Waals surface area contributed by atoms with E-state index in [-0.39, 0.29) is 0 Å². The van der Waals surface area contributed by atoms with E-state index in [0.29, 0.717) is 0 Å². The van der Waals surface area contributed by atoms with E-state index < -0.39 is 17.9 Å². The third-order valence-corrected chi connectivity index (χ3v) is 7.89. The van der Waals surface area contributed by atoms with Crippen LogP contribution in [0.1, 0.15) is 60.8 Å². The van der Waals surface area contributed by atoms with E-state index in [4.69, 9.17) is 0 Å². The Morgan fingerprint density at radius 2 is 0.812 bits per heavy atom. The molecule has 0 aliphatic rings. The summed E-state index contributed by atoms with van der Waals surface area (Å²) in [6.45, 7) is 14.3. The van der Waals surface area contributed by atoms with Gasteiger partial charge in [0, 0.05) is 0 Å². The second kappa shape index (κ2) is 9.71. The van der Waals surface area contributed by atoms with E-state index >= 15 is 0 Å². The van der Waals surface area contributed by atoms with Crippen molar-refractivity contribution in [3.05, 3.63) is 0 Å². The average molecular weight is 261 g/mol. The fraction of sp³-hybridized carbons (Fsp3) is 1.00. The van der Waals surface area contributed by atoms with Crippen molar-refractivity contribution in [3.63, 3.8) is 0 Å². The third-order valence-electron chi connectivity index (χ3n) is 3.23. The average Bonchev–Trinajstić information content (AvgIpc) is 2.15. The minimum absolute atomic E-state index is 0.681. The number of hydrogen-bond donors (Lipinski definition) is 0. The van der Waals surface area contributed by atoms with Crippen LogP contribution in [0.3, 0.4) is 0 Å². The quantitative estimate of drug-likeness (QED) is 0.447. The Kier molecular flexibility index (Phi) is 10.1. The predicted molar refractivity (Wildman–Crippen MR) is 72.8 cm³/mol. The fourth-order valence-electron chi connectivity index (χ4n) is 1.85. The van der Waals surface area contributed by atoms with E-state index in [1.807, 2.05) is 0 Å². The van der Waals surface area contributed by atoms with Crippen LogP contribution in [0.25, 0.3) is 0 Å². The summed E-state index contributed by atoms with van der Waals surface area (Å²) in [6, 6.07) is 0. The molecule has 0 atom stereocenters. The van der Waals surface area contributed by atoms with Crippen molar-refractivity contribution in [2.45, 2.75) is 75.0 Å². The van der Waals surface area contributed by atoms with Crippen molar-refractivity contribution in [3.8, 4) is 0 Å². The summed E-state index contributed by atoms with van der Waals surface area (Å²) >= 11 is -0.681. The summed E-state index contributed by atoms with van der Waals surface area (Å²) in [4.78, 5) is 0. The van der Waals surface area contributed by atoms with Gasteiger partial charge in [-0.2, -0.15) is 0 Å². The van der Waals surface area contributed by atoms with Crippen LogP contribution in [0.5, 0.6) is 0 Å². The standard InChI is InChI=1S/3C5H11.Ti/c3*1-4-5(2)3;/h3*5H,1,4H2,2-3H3;. The molecule has 97 valence electrons. The molecule has 0 aliphatic heterocycles. The molecule has 0 N–H and O–H groups in total. The molecule has 0 unspecified atom stereocenters. The van der Waals surface area contributed by atoms with Gasteiger partial charge in [0.2, 0.25) is 0 Å². The molecule has 0 rings (SSSR count). The van der Waals surface area contributed by atoms with E-state index in [1.54, 1.807) is 14.2 Å². The summed E-state index contributed by atoms with van der Waals surface area (Å²) in [7, 11) is 0. The Hall–Kier alpha value is 0.714. The second-order valence-corrected chi connectivity index (χ2v) is 11.2. The molecule has 0 aromatic heterocycles. The molecule has 0 heterocycles. The van der Waals surface area contributed by atoms with Gasteiger partial charge in [0.05, 0.1) is 0 Å². The monoisotopic (exact) mass is 261 g/mol. The zero-order valence-electron chi connectivity index (χ0n) is 12.5.